The lowest BCUT2D eigenvalue weighted by Crippen LogP contribution is -2.18. The number of esters is 1. The van der Waals surface area contributed by atoms with Gasteiger partial charge in [-0.25, -0.2) is 4.79 Å². The molecule has 106 valence electrons. The molecule has 0 bridgehead atoms. The number of hydrogen-bond donors (Lipinski definition) is 1. The Morgan fingerprint density at radius 3 is 2.32 bits per heavy atom. The maximum atomic E-state index is 12.1. The lowest BCUT2D eigenvalue weighted by molar-refractivity contribution is 0.0444. The van der Waals surface area contributed by atoms with Crippen molar-refractivity contribution in [2.75, 3.05) is 13.2 Å². The highest BCUT2D eigenvalue weighted by atomic mass is 16.5. The molecule has 0 aliphatic rings. The minimum Gasteiger partial charge on any atom is -0.462 e. The van der Waals surface area contributed by atoms with Crippen LogP contribution in [0.25, 0.3) is 0 Å². The molecule has 0 fully saturated rings. The summed E-state index contributed by atoms with van der Waals surface area (Å²) < 4.78 is 5.35. The zero-order valence-electron chi connectivity index (χ0n) is 12.3. The molecule has 0 saturated carbocycles. The van der Waals surface area contributed by atoms with Gasteiger partial charge in [-0.1, -0.05) is 32.0 Å². The Morgan fingerprint density at radius 1 is 1.21 bits per heavy atom. The van der Waals surface area contributed by atoms with E-state index in [0.717, 1.165) is 17.5 Å². The van der Waals surface area contributed by atoms with Crippen LogP contribution in [0.4, 0.5) is 0 Å². The van der Waals surface area contributed by atoms with Crippen molar-refractivity contribution in [1.82, 2.24) is 0 Å². The third-order valence-corrected chi connectivity index (χ3v) is 3.49. The van der Waals surface area contributed by atoms with E-state index >= 15 is 0 Å². The van der Waals surface area contributed by atoms with Crippen molar-refractivity contribution in [3.8, 4) is 0 Å². The molecule has 1 aromatic carbocycles. The Kier molecular flexibility index (Phi) is 5.55. The third-order valence-electron chi connectivity index (χ3n) is 3.49. The zero-order chi connectivity index (χ0) is 14.5. The van der Waals surface area contributed by atoms with Gasteiger partial charge in [-0.2, -0.15) is 0 Å². The van der Waals surface area contributed by atoms with E-state index in [-0.39, 0.29) is 18.0 Å². The van der Waals surface area contributed by atoms with Crippen molar-refractivity contribution < 1.29 is 14.6 Å². The molecule has 0 aliphatic carbocycles. The van der Waals surface area contributed by atoms with Gasteiger partial charge in [0.2, 0.25) is 0 Å². The summed E-state index contributed by atoms with van der Waals surface area (Å²) >= 11 is 0. The fourth-order valence-corrected chi connectivity index (χ4v) is 2.06. The summed E-state index contributed by atoms with van der Waals surface area (Å²) in [5.41, 5.74) is 2.55. The second-order valence-electron chi connectivity index (χ2n) is 5.79. The Hall–Kier alpha value is -1.35. The average Bonchev–Trinajstić information content (AvgIpc) is 2.28. The van der Waals surface area contributed by atoms with Crippen molar-refractivity contribution >= 4 is 5.97 Å². The highest BCUT2D eigenvalue weighted by molar-refractivity contribution is 5.92. The summed E-state index contributed by atoms with van der Waals surface area (Å²) in [4.78, 5) is 12.1. The van der Waals surface area contributed by atoms with Gasteiger partial charge in [0.25, 0.3) is 0 Å². The quantitative estimate of drug-likeness (QED) is 0.802. The van der Waals surface area contributed by atoms with E-state index in [2.05, 4.69) is 13.8 Å². The number of hydrogen-bond acceptors (Lipinski definition) is 3. The Bertz CT molecular complexity index is 415. The van der Waals surface area contributed by atoms with Crippen molar-refractivity contribution in [2.24, 2.45) is 5.41 Å². The number of benzene rings is 1. The fourth-order valence-electron chi connectivity index (χ4n) is 2.06. The van der Waals surface area contributed by atoms with Gasteiger partial charge in [0, 0.05) is 6.61 Å². The molecular weight excluding hydrogens is 240 g/mol. The summed E-state index contributed by atoms with van der Waals surface area (Å²) in [5, 5.41) is 8.95. The standard InChI is InChI=1S/C16H24O3/c1-12-6-5-7-13(2)14(12)15(18)19-11-9-16(3,4)8-10-17/h5-7,17H,8-11H2,1-4H3. The summed E-state index contributed by atoms with van der Waals surface area (Å²) in [6, 6.07) is 5.77. The van der Waals surface area contributed by atoms with Crippen molar-refractivity contribution in [1.29, 1.82) is 0 Å². The third kappa shape index (κ3) is 4.67. The van der Waals surface area contributed by atoms with Crippen molar-refractivity contribution in [2.45, 2.75) is 40.5 Å². The molecule has 1 N–H and O–H groups in total. The summed E-state index contributed by atoms with van der Waals surface area (Å²) in [6.45, 7) is 8.52. The van der Waals surface area contributed by atoms with Gasteiger partial charge in [-0.3, -0.25) is 0 Å². The van der Waals surface area contributed by atoms with Gasteiger partial charge in [0.1, 0.15) is 0 Å². The molecule has 0 spiro atoms. The zero-order valence-corrected chi connectivity index (χ0v) is 12.3. The van der Waals surface area contributed by atoms with E-state index < -0.39 is 0 Å². The van der Waals surface area contributed by atoms with Crippen LogP contribution in [0.15, 0.2) is 18.2 Å². The number of aliphatic hydroxyl groups excluding tert-OH is 1. The van der Waals surface area contributed by atoms with E-state index in [1.807, 2.05) is 32.0 Å². The SMILES string of the molecule is Cc1cccc(C)c1C(=O)OCCC(C)(C)CCO. The van der Waals surface area contributed by atoms with Crippen LogP contribution in [0.3, 0.4) is 0 Å². The lowest BCUT2D eigenvalue weighted by atomic mass is 9.86. The van der Waals surface area contributed by atoms with E-state index in [1.54, 1.807) is 0 Å². The van der Waals surface area contributed by atoms with E-state index in [9.17, 15) is 4.79 Å². The molecule has 0 radical (unpaired) electrons. The maximum absolute atomic E-state index is 12.1. The molecule has 1 aromatic rings. The highest BCUT2D eigenvalue weighted by Gasteiger charge is 2.19. The van der Waals surface area contributed by atoms with Gasteiger partial charge in [0.05, 0.1) is 12.2 Å². The minimum absolute atomic E-state index is 0.00416. The first-order valence-electron chi connectivity index (χ1n) is 6.71. The molecule has 0 atom stereocenters. The van der Waals surface area contributed by atoms with Crippen LogP contribution in [0.1, 0.15) is 48.2 Å². The summed E-state index contributed by atoms with van der Waals surface area (Å²) in [7, 11) is 0. The molecule has 0 saturated heterocycles. The predicted molar refractivity (Wildman–Crippen MR) is 76.3 cm³/mol. The van der Waals surface area contributed by atoms with Crippen molar-refractivity contribution in [3.05, 3.63) is 34.9 Å². The number of rotatable bonds is 6. The molecule has 3 nitrogen and oxygen atoms in total. The number of ether oxygens (including phenoxy) is 1. The number of carbonyl (C=O) groups is 1. The van der Waals surface area contributed by atoms with Crippen LogP contribution in [0.5, 0.6) is 0 Å². The van der Waals surface area contributed by atoms with Crippen LogP contribution in [0.2, 0.25) is 0 Å². The maximum Gasteiger partial charge on any atom is 0.338 e. The van der Waals surface area contributed by atoms with Gasteiger partial charge < -0.3 is 9.84 Å². The molecule has 19 heavy (non-hydrogen) atoms. The molecular formula is C16H24O3. The smallest absolute Gasteiger partial charge is 0.338 e. The second-order valence-corrected chi connectivity index (χ2v) is 5.79. The first-order valence-corrected chi connectivity index (χ1v) is 6.71. The summed E-state index contributed by atoms with van der Waals surface area (Å²) in [6.07, 6.45) is 1.47. The Labute approximate surface area is 115 Å². The van der Waals surface area contributed by atoms with E-state index in [4.69, 9.17) is 9.84 Å². The lowest BCUT2D eigenvalue weighted by Gasteiger charge is -2.23. The predicted octanol–water partition coefficient (Wildman–Crippen LogP) is 3.26. The van der Waals surface area contributed by atoms with E-state index in [1.165, 1.54) is 0 Å². The first kappa shape index (κ1) is 15.7. The van der Waals surface area contributed by atoms with Crippen LogP contribution in [-0.2, 0) is 4.74 Å². The molecule has 0 unspecified atom stereocenters. The Balaban J connectivity index is 2.57. The average molecular weight is 264 g/mol. The number of carbonyl (C=O) groups excluding carboxylic acids is 1. The largest absolute Gasteiger partial charge is 0.462 e. The number of aliphatic hydroxyl groups is 1. The molecule has 3 heteroatoms. The normalized spacial score (nSPS) is 11.4. The van der Waals surface area contributed by atoms with Crippen LogP contribution >= 0.6 is 0 Å². The van der Waals surface area contributed by atoms with Gasteiger partial charge >= 0.3 is 5.97 Å². The van der Waals surface area contributed by atoms with E-state index in [0.29, 0.717) is 18.6 Å². The van der Waals surface area contributed by atoms with Crippen LogP contribution in [0, 0.1) is 19.3 Å². The van der Waals surface area contributed by atoms with Gasteiger partial charge in [0.15, 0.2) is 0 Å². The first-order chi connectivity index (χ1) is 8.87. The van der Waals surface area contributed by atoms with Gasteiger partial charge in [-0.15, -0.1) is 0 Å². The molecule has 0 amide bonds. The Morgan fingerprint density at radius 2 is 1.79 bits per heavy atom. The highest BCUT2D eigenvalue weighted by Crippen LogP contribution is 2.24. The van der Waals surface area contributed by atoms with Crippen LogP contribution in [-0.4, -0.2) is 24.3 Å². The topological polar surface area (TPSA) is 46.5 Å². The minimum atomic E-state index is -0.254. The molecule has 0 heterocycles. The molecule has 0 aromatic heterocycles. The molecule has 0 aliphatic heterocycles. The van der Waals surface area contributed by atoms with Gasteiger partial charge in [-0.05, 0) is 43.2 Å². The monoisotopic (exact) mass is 264 g/mol. The number of aryl methyl sites for hydroxylation is 2. The van der Waals surface area contributed by atoms with Crippen LogP contribution < -0.4 is 0 Å². The van der Waals surface area contributed by atoms with Crippen molar-refractivity contribution in [3.63, 3.8) is 0 Å². The fraction of sp³-hybridized carbons (Fsp3) is 0.562. The summed E-state index contributed by atoms with van der Waals surface area (Å²) in [5.74, 6) is -0.254. The molecule has 1 rings (SSSR count). The second kappa shape index (κ2) is 6.71.